The van der Waals surface area contributed by atoms with Crippen LogP contribution in [0.1, 0.15) is 36.5 Å². The summed E-state index contributed by atoms with van der Waals surface area (Å²) in [6.07, 6.45) is -0.397. The number of amides is 2. The monoisotopic (exact) mass is 487 g/mol. The van der Waals surface area contributed by atoms with Gasteiger partial charge in [0.1, 0.15) is 11.6 Å². The quantitative estimate of drug-likeness (QED) is 0.506. The second kappa shape index (κ2) is 11.1. The topological polar surface area (TPSA) is 90.9 Å². The molecule has 9 heteroatoms. The van der Waals surface area contributed by atoms with Crippen LogP contribution in [0.5, 0.6) is 0 Å². The molecular formula is C26H31F2N3O4. The maximum absolute atomic E-state index is 13.8. The van der Waals surface area contributed by atoms with E-state index in [1.54, 1.807) is 0 Å². The fraction of sp³-hybridized carbons (Fsp3) is 0.462. The number of hydrogen-bond acceptors (Lipinski definition) is 5. The molecule has 3 N–H and O–H groups in total. The summed E-state index contributed by atoms with van der Waals surface area (Å²) in [5.74, 6) is -2.02. The van der Waals surface area contributed by atoms with Gasteiger partial charge in [0.15, 0.2) is 6.10 Å². The Bertz CT molecular complexity index is 1050. The van der Waals surface area contributed by atoms with E-state index in [4.69, 9.17) is 4.74 Å². The molecule has 1 fully saturated rings. The standard InChI is InChI=1S/C26H31F2N3O4/c1-2-3-8-31-15-23(35-26(31)34)25(33)30-22(11-16-9-19(27)13-20(28)10-16)24(32)21-12-17-6-4-5-7-18(17)14-29-21/h4-7,9-10,13,21-24,29,32H,2-3,8,11-12,14-15H2,1H3,(H,30,33)/t21-,22+,23+,24-/m1/s1. The van der Waals surface area contributed by atoms with Gasteiger partial charge in [-0.2, -0.15) is 0 Å². The number of halogens is 2. The number of nitrogens with zero attached hydrogens (tertiary/aromatic N) is 1. The van der Waals surface area contributed by atoms with Crippen molar-refractivity contribution in [3.05, 3.63) is 70.8 Å². The summed E-state index contributed by atoms with van der Waals surface area (Å²) >= 11 is 0. The molecule has 0 radical (unpaired) electrons. The van der Waals surface area contributed by atoms with Crippen LogP contribution in [-0.2, 0) is 28.9 Å². The Labute approximate surface area is 203 Å². The first-order valence-electron chi connectivity index (χ1n) is 12.0. The minimum Gasteiger partial charge on any atom is -0.434 e. The molecule has 2 aliphatic heterocycles. The number of cyclic esters (lactones) is 1. The van der Waals surface area contributed by atoms with Gasteiger partial charge in [-0.3, -0.25) is 4.79 Å². The van der Waals surface area contributed by atoms with E-state index >= 15 is 0 Å². The number of benzene rings is 2. The molecule has 2 aliphatic rings. The average molecular weight is 488 g/mol. The SMILES string of the molecule is CCCCN1C[C@@H](C(=O)N[C@@H](Cc2cc(F)cc(F)c2)[C@H](O)[C@H]2Cc3ccccc3CN2)OC1=O. The summed E-state index contributed by atoms with van der Waals surface area (Å²) in [6, 6.07) is 9.77. The van der Waals surface area contributed by atoms with Gasteiger partial charge in [-0.25, -0.2) is 13.6 Å². The van der Waals surface area contributed by atoms with Crippen molar-refractivity contribution < 1.29 is 28.2 Å². The molecule has 0 unspecified atom stereocenters. The molecule has 0 aliphatic carbocycles. The lowest BCUT2D eigenvalue weighted by atomic mass is 9.88. The third-order valence-corrected chi connectivity index (χ3v) is 6.60. The zero-order valence-corrected chi connectivity index (χ0v) is 19.7. The number of rotatable bonds is 9. The summed E-state index contributed by atoms with van der Waals surface area (Å²) in [6.45, 7) is 3.18. The number of fused-ring (bicyclic) bond motifs is 1. The van der Waals surface area contributed by atoms with E-state index < -0.39 is 41.9 Å². The molecule has 7 nitrogen and oxygen atoms in total. The third kappa shape index (κ3) is 6.15. The van der Waals surface area contributed by atoms with Gasteiger partial charge in [0.2, 0.25) is 0 Å². The van der Waals surface area contributed by atoms with Crippen LogP contribution in [0.25, 0.3) is 0 Å². The zero-order chi connectivity index (χ0) is 24.9. The maximum Gasteiger partial charge on any atom is 0.410 e. The van der Waals surface area contributed by atoms with Crippen molar-refractivity contribution in [2.75, 3.05) is 13.1 Å². The summed E-state index contributed by atoms with van der Waals surface area (Å²) in [5.41, 5.74) is 2.53. The molecule has 0 aromatic heterocycles. The van der Waals surface area contributed by atoms with E-state index in [0.29, 0.717) is 25.1 Å². The Hall–Kier alpha value is -3.04. The van der Waals surface area contributed by atoms with Crippen molar-refractivity contribution in [1.82, 2.24) is 15.5 Å². The first-order valence-corrected chi connectivity index (χ1v) is 12.0. The molecule has 35 heavy (non-hydrogen) atoms. The second-order valence-electron chi connectivity index (χ2n) is 9.22. The highest BCUT2D eigenvalue weighted by Gasteiger charge is 2.38. The van der Waals surface area contributed by atoms with Gasteiger partial charge in [0, 0.05) is 25.2 Å². The smallest absolute Gasteiger partial charge is 0.410 e. The van der Waals surface area contributed by atoms with E-state index in [9.17, 15) is 23.5 Å². The lowest BCUT2D eigenvalue weighted by Gasteiger charge is -2.35. The number of carbonyl (C=O) groups is 2. The van der Waals surface area contributed by atoms with Gasteiger partial charge in [0.05, 0.1) is 18.7 Å². The Morgan fingerprint density at radius 1 is 1.23 bits per heavy atom. The van der Waals surface area contributed by atoms with Gasteiger partial charge in [-0.15, -0.1) is 0 Å². The summed E-state index contributed by atoms with van der Waals surface area (Å²) in [4.78, 5) is 26.6. The fourth-order valence-electron chi connectivity index (χ4n) is 4.69. The number of nitrogens with one attached hydrogen (secondary N) is 2. The van der Waals surface area contributed by atoms with Gasteiger partial charge in [-0.05, 0) is 48.1 Å². The molecule has 4 atom stereocenters. The third-order valence-electron chi connectivity index (χ3n) is 6.60. The lowest BCUT2D eigenvalue weighted by Crippen LogP contribution is -2.57. The van der Waals surface area contributed by atoms with Gasteiger partial charge < -0.3 is 25.4 Å². The second-order valence-corrected chi connectivity index (χ2v) is 9.22. The van der Waals surface area contributed by atoms with Crippen molar-refractivity contribution >= 4 is 12.0 Å². The molecule has 2 aromatic carbocycles. The fourth-order valence-corrected chi connectivity index (χ4v) is 4.69. The molecule has 1 saturated heterocycles. The number of aliphatic hydroxyl groups is 1. The van der Waals surface area contributed by atoms with Crippen molar-refractivity contribution in [2.45, 2.75) is 63.4 Å². The molecule has 2 aromatic rings. The number of carbonyl (C=O) groups excluding carboxylic acids is 2. The van der Waals surface area contributed by atoms with Crippen LogP contribution >= 0.6 is 0 Å². The number of ether oxygens (including phenoxy) is 1. The Morgan fingerprint density at radius 3 is 2.66 bits per heavy atom. The minimum atomic E-state index is -1.06. The molecule has 2 amide bonds. The highest BCUT2D eigenvalue weighted by molar-refractivity contribution is 5.86. The van der Waals surface area contributed by atoms with Gasteiger partial charge >= 0.3 is 6.09 Å². The van der Waals surface area contributed by atoms with E-state index in [0.717, 1.165) is 30.0 Å². The van der Waals surface area contributed by atoms with Crippen LogP contribution in [0.15, 0.2) is 42.5 Å². The van der Waals surface area contributed by atoms with Crippen LogP contribution in [0.2, 0.25) is 0 Å². The summed E-state index contributed by atoms with van der Waals surface area (Å²) < 4.78 is 32.9. The van der Waals surface area contributed by atoms with E-state index in [-0.39, 0.29) is 19.0 Å². The first-order chi connectivity index (χ1) is 16.8. The minimum absolute atomic E-state index is 0.00162. The lowest BCUT2D eigenvalue weighted by molar-refractivity contribution is -0.129. The Kier molecular flexibility index (Phi) is 7.97. The van der Waals surface area contributed by atoms with Crippen molar-refractivity contribution in [1.29, 1.82) is 0 Å². The number of aliphatic hydroxyl groups excluding tert-OH is 1. The zero-order valence-electron chi connectivity index (χ0n) is 19.7. The molecule has 188 valence electrons. The normalized spacial score (nSPS) is 21.3. The van der Waals surface area contributed by atoms with Crippen LogP contribution in [0.4, 0.5) is 13.6 Å². The average Bonchev–Trinajstić information content (AvgIpc) is 3.21. The highest BCUT2D eigenvalue weighted by atomic mass is 19.1. The number of hydrogen-bond donors (Lipinski definition) is 3. The van der Waals surface area contributed by atoms with E-state index in [2.05, 4.69) is 10.6 Å². The van der Waals surface area contributed by atoms with Crippen LogP contribution < -0.4 is 10.6 Å². The Balaban J connectivity index is 1.50. The molecule has 0 bridgehead atoms. The summed E-state index contributed by atoms with van der Waals surface area (Å²) in [5, 5.41) is 17.4. The molecule has 2 heterocycles. The van der Waals surface area contributed by atoms with Crippen molar-refractivity contribution in [3.8, 4) is 0 Å². The number of unbranched alkanes of at least 4 members (excludes halogenated alkanes) is 1. The molecule has 0 saturated carbocycles. The predicted octanol–water partition coefficient (Wildman–Crippen LogP) is 2.69. The molecule has 4 rings (SSSR count). The van der Waals surface area contributed by atoms with Gasteiger partial charge in [-0.1, -0.05) is 37.6 Å². The van der Waals surface area contributed by atoms with Crippen LogP contribution in [0, 0.1) is 11.6 Å². The van der Waals surface area contributed by atoms with Crippen molar-refractivity contribution in [3.63, 3.8) is 0 Å². The Morgan fingerprint density at radius 2 is 1.94 bits per heavy atom. The summed E-state index contributed by atoms with van der Waals surface area (Å²) in [7, 11) is 0. The largest absolute Gasteiger partial charge is 0.434 e. The molecule has 0 spiro atoms. The molecular weight excluding hydrogens is 456 g/mol. The van der Waals surface area contributed by atoms with Crippen LogP contribution in [-0.4, -0.2) is 59.4 Å². The van der Waals surface area contributed by atoms with Crippen molar-refractivity contribution in [2.24, 2.45) is 0 Å². The van der Waals surface area contributed by atoms with Crippen LogP contribution in [0.3, 0.4) is 0 Å². The van der Waals surface area contributed by atoms with E-state index in [1.807, 2.05) is 31.2 Å². The first kappa shape index (κ1) is 25.1. The predicted molar refractivity (Wildman–Crippen MR) is 126 cm³/mol. The highest BCUT2D eigenvalue weighted by Crippen LogP contribution is 2.21. The van der Waals surface area contributed by atoms with Gasteiger partial charge in [0.25, 0.3) is 5.91 Å². The maximum atomic E-state index is 13.8. The van der Waals surface area contributed by atoms with E-state index in [1.165, 1.54) is 17.0 Å².